The summed E-state index contributed by atoms with van der Waals surface area (Å²) in [6, 6.07) is 0. The molecule has 0 aliphatic rings. The van der Waals surface area contributed by atoms with E-state index in [1.54, 1.807) is 7.05 Å². The number of amides is 1. The standard InChI is InChI=1S/C12H23N5OS/c1-4-17(5-2)8-6-7-15-11(18)9-10(13)16-12(14-3)19-9/h4-8,13H2,1-3H3,(H,14,16)(H,15,18). The summed E-state index contributed by atoms with van der Waals surface area (Å²) < 4.78 is 0. The van der Waals surface area contributed by atoms with Gasteiger partial charge >= 0.3 is 0 Å². The zero-order chi connectivity index (χ0) is 14.3. The number of aromatic nitrogens is 1. The molecule has 0 aliphatic heterocycles. The van der Waals surface area contributed by atoms with E-state index in [1.807, 2.05) is 0 Å². The van der Waals surface area contributed by atoms with Crippen LogP contribution in [0.4, 0.5) is 10.9 Å². The van der Waals surface area contributed by atoms with Gasteiger partial charge in [-0.3, -0.25) is 4.79 Å². The number of rotatable bonds is 8. The molecule has 0 fully saturated rings. The third kappa shape index (κ3) is 4.68. The summed E-state index contributed by atoms with van der Waals surface area (Å²) in [5.41, 5.74) is 5.70. The Morgan fingerprint density at radius 1 is 1.42 bits per heavy atom. The monoisotopic (exact) mass is 285 g/mol. The number of nitrogens with one attached hydrogen (secondary N) is 2. The maximum Gasteiger partial charge on any atom is 0.265 e. The van der Waals surface area contributed by atoms with Crippen LogP contribution in [0.15, 0.2) is 0 Å². The number of nitrogens with two attached hydrogens (primary N) is 1. The van der Waals surface area contributed by atoms with Gasteiger partial charge in [0.15, 0.2) is 5.13 Å². The molecule has 1 rings (SSSR count). The van der Waals surface area contributed by atoms with Crippen LogP contribution in [0.2, 0.25) is 0 Å². The van der Waals surface area contributed by atoms with Crippen LogP contribution in [0.25, 0.3) is 0 Å². The number of carbonyl (C=O) groups is 1. The zero-order valence-corrected chi connectivity index (χ0v) is 12.6. The number of nitrogens with zero attached hydrogens (tertiary/aromatic N) is 2. The Hall–Kier alpha value is -1.34. The lowest BCUT2D eigenvalue weighted by atomic mass is 10.3. The first-order valence-electron chi connectivity index (χ1n) is 6.56. The highest BCUT2D eigenvalue weighted by Gasteiger charge is 2.15. The number of nitrogen functional groups attached to an aromatic ring is 1. The predicted molar refractivity (Wildman–Crippen MR) is 80.8 cm³/mol. The molecule has 1 amide bonds. The summed E-state index contributed by atoms with van der Waals surface area (Å²) >= 11 is 1.27. The van der Waals surface area contributed by atoms with E-state index in [0.29, 0.717) is 16.6 Å². The maximum absolute atomic E-state index is 11.9. The van der Waals surface area contributed by atoms with Crippen molar-refractivity contribution in [3.8, 4) is 0 Å². The number of thiazole rings is 1. The number of hydrogen-bond donors (Lipinski definition) is 3. The van der Waals surface area contributed by atoms with E-state index < -0.39 is 0 Å². The summed E-state index contributed by atoms with van der Waals surface area (Å²) in [7, 11) is 1.75. The molecule has 0 aliphatic carbocycles. The summed E-state index contributed by atoms with van der Waals surface area (Å²) in [5.74, 6) is 0.145. The second-order valence-corrected chi connectivity index (χ2v) is 5.12. The summed E-state index contributed by atoms with van der Waals surface area (Å²) in [6.07, 6.45) is 0.936. The van der Waals surface area contributed by atoms with Crippen LogP contribution in [0, 0.1) is 0 Å². The van der Waals surface area contributed by atoms with E-state index >= 15 is 0 Å². The number of hydrogen-bond acceptors (Lipinski definition) is 6. The minimum Gasteiger partial charge on any atom is -0.382 e. The lowest BCUT2D eigenvalue weighted by Gasteiger charge is -2.17. The Kier molecular flexibility index (Phi) is 6.58. The van der Waals surface area contributed by atoms with Gasteiger partial charge in [0, 0.05) is 13.6 Å². The van der Waals surface area contributed by atoms with Crippen molar-refractivity contribution < 1.29 is 4.79 Å². The lowest BCUT2D eigenvalue weighted by molar-refractivity contribution is 0.0956. The summed E-state index contributed by atoms with van der Waals surface area (Å²) in [6.45, 7) is 8.00. The minimum absolute atomic E-state index is 0.143. The second kappa shape index (κ2) is 7.96. The van der Waals surface area contributed by atoms with E-state index in [4.69, 9.17) is 5.73 Å². The van der Waals surface area contributed by atoms with Gasteiger partial charge in [-0.05, 0) is 26.1 Å². The fourth-order valence-electron chi connectivity index (χ4n) is 1.73. The molecule has 0 aromatic carbocycles. The van der Waals surface area contributed by atoms with Crippen molar-refractivity contribution in [3.63, 3.8) is 0 Å². The van der Waals surface area contributed by atoms with E-state index in [9.17, 15) is 4.79 Å². The van der Waals surface area contributed by atoms with E-state index in [-0.39, 0.29) is 11.7 Å². The van der Waals surface area contributed by atoms with Crippen LogP contribution >= 0.6 is 11.3 Å². The van der Waals surface area contributed by atoms with Crippen LogP contribution < -0.4 is 16.4 Å². The van der Waals surface area contributed by atoms with Crippen LogP contribution in [-0.2, 0) is 0 Å². The van der Waals surface area contributed by atoms with Crippen LogP contribution in [0.3, 0.4) is 0 Å². The first-order chi connectivity index (χ1) is 9.12. The maximum atomic E-state index is 11.9. The van der Waals surface area contributed by atoms with Gasteiger partial charge in [0.2, 0.25) is 0 Å². The van der Waals surface area contributed by atoms with Crippen molar-refractivity contribution in [1.82, 2.24) is 15.2 Å². The van der Waals surface area contributed by atoms with Gasteiger partial charge in [-0.15, -0.1) is 0 Å². The number of anilines is 2. The van der Waals surface area contributed by atoms with Gasteiger partial charge in [-0.25, -0.2) is 4.98 Å². The Labute approximate surface area is 118 Å². The molecule has 1 aromatic rings. The molecule has 4 N–H and O–H groups in total. The Morgan fingerprint density at radius 3 is 2.63 bits per heavy atom. The molecule has 0 radical (unpaired) electrons. The van der Waals surface area contributed by atoms with Crippen molar-refractivity contribution in [2.24, 2.45) is 0 Å². The van der Waals surface area contributed by atoms with Crippen LogP contribution in [-0.4, -0.2) is 49.0 Å². The van der Waals surface area contributed by atoms with Crippen LogP contribution in [0.1, 0.15) is 29.9 Å². The van der Waals surface area contributed by atoms with Gasteiger partial charge < -0.3 is 21.3 Å². The van der Waals surface area contributed by atoms with Crippen molar-refractivity contribution in [2.45, 2.75) is 20.3 Å². The first kappa shape index (κ1) is 15.7. The Morgan fingerprint density at radius 2 is 2.11 bits per heavy atom. The molecule has 0 bridgehead atoms. The van der Waals surface area contributed by atoms with Gasteiger partial charge in [0.25, 0.3) is 5.91 Å². The molecular weight excluding hydrogens is 262 g/mol. The highest BCUT2D eigenvalue weighted by molar-refractivity contribution is 7.18. The van der Waals surface area contributed by atoms with Gasteiger partial charge in [0.1, 0.15) is 10.7 Å². The van der Waals surface area contributed by atoms with Crippen molar-refractivity contribution in [3.05, 3.63) is 4.88 Å². The molecule has 108 valence electrons. The predicted octanol–water partition coefficient (Wildman–Crippen LogP) is 1.23. The molecule has 19 heavy (non-hydrogen) atoms. The van der Waals surface area contributed by atoms with E-state index in [1.165, 1.54) is 11.3 Å². The molecule has 0 saturated carbocycles. The topological polar surface area (TPSA) is 83.3 Å². The highest BCUT2D eigenvalue weighted by atomic mass is 32.1. The van der Waals surface area contributed by atoms with E-state index in [0.717, 1.165) is 26.1 Å². The van der Waals surface area contributed by atoms with Crippen molar-refractivity contribution in [2.75, 3.05) is 44.3 Å². The quantitative estimate of drug-likeness (QED) is 0.626. The SMILES string of the molecule is CCN(CC)CCCNC(=O)c1sc(NC)nc1N. The molecule has 6 nitrogen and oxygen atoms in total. The largest absolute Gasteiger partial charge is 0.382 e. The van der Waals surface area contributed by atoms with Crippen LogP contribution in [0.5, 0.6) is 0 Å². The molecular formula is C12H23N5OS. The fraction of sp³-hybridized carbons (Fsp3) is 0.667. The van der Waals surface area contributed by atoms with E-state index in [2.05, 4.69) is 34.4 Å². The highest BCUT2D eigenvalue weighted by Crippen LogP contribution is 2.23. The lowest BCUT2D eigenvalue weighted by Crippen LogP contribution is -2.29. The van der Waals surface area contributed by atoms with Gasteiger partial charge in [-0.2, -0.15) is 0 Å². The zero-order valence-electron chi connectivity index (χ0n) is 11.8. The normalized spacial score (nSPS) is 10.7. The third-order valence-electron chi connectivity index (χ3n) is 2.90. The molecule has 1 aromatic heterocycles. The minimum atomic E-state index is -0.143. The Bertz CT molecular complexity index is 403. The molecule has 0 atom stereocenters. The molecule has 1 heterocycles. The summed E-state index contributed by atoms with van der Waals surface area (Å²) in [4.78, 5) is 18.8. The average molecular weight is 285 g/mol. The van der Waals surface area contributed by atoms with Crippen molar-refractivity contribution >= 4 is 28.2 Å². The Balaban J connectivity index is 2.36. The molecule has 0 spiro atoms. The third-order valence-corrected chi connectivity index (χ3v) is 3.99. The molecule has 0 saturated heterocycles. The fourth-order valence-corrected chi connectivity index (χ4v) is 2.48. The first-order valence-corrected chi connectivity index (χ1v) is 7.38. The second-order valence-electron chi connectivity index (χ2n) is 4.12. The average Bonchev–Trinajstić information content (AvgIpc) is 2.80. The van der Waals surface area contributed by atoms with Gasteiger partial charge in [0.05, 0.1) is 0 Å². The smallest absolute Gasteiger partial charge is 0.265 e. The molecule has 0 unspecified atom stereocenters. The van der Waals surface area contributed by atoms with Gasteiger partial charge in [-0.1, -0.05) is 25.2 Å². The van der Waals surface area contributed by atoms with Crippen molar-refractivity contribution in [1.29, 1.82) is 0 Å². The summed E-state index contributed by atoms with van der Waals surface area (Å²) in [5, 5.41) is 6.42. The number of carbonyl (C=O) groups excluding carboxylic acids is 1. The molecule has 7 heteroatoms.